The van der Waals surface area contributed by atoms with Gasteiger partial charge in [-0.15, -0.1) is 0 Å². The van der Waals surface area contributed by atoms with E-state index in [2.05, 4.69) is 0 Å². The first-order valence-corrected chi connectivity index (χ1v) is 8.96. The molecule has 0 spiro atoms. The number of aliphatic hydroxyl groups excluding tert-OH is 1. The SMILES string of the molecule is CS(=O)(=O)C1CSCCN1c1cc(F)cc(CO)c1. The molecule has 2 rings (SSSR count). The van der Waals surface area contributed by atoms with Crippen LogP contribution in [0.1, 0.15) is 5.56 Å². The average Bonchev–Trinajstić information content (AvgIpc) is 2.37. The molecule has 1 unspecified atom stereocenters. The van der Waals surface area contributed by atoms with Gasteiger partial charge in [-0.25, -0.2) is 12.8 Å². The maximum Gasteiger partial charge on any atom is 0.169 e. The third-order valence-corrected chi connectivity index (χ3v) is 5.68. The minimum Gasteiger partial charge on any atom is -0.392 e. The Morgan fingerprint density at radius 3 is 2.84 bits per heavy atom. The first-order chi connectivity index (χ1) is 8.91. The molecule has 1 fully saturated rings. The number of rotatable bonds is 3. The Hall–Kier alpha value is -0.790. The van der Waals surface area contributed by atoms with E-state index in [4.69, 9.17) is 5.11 Å². The van der Waals surface area contributed by atoms with Crippen LogP contribution in [0.5, 0.6) is 0 Å². The molecule has 1 heterocycles. The van der Waals surface area contributed by atoms with Crippen molar-refractivity contribution < 1.29 is 17.9 Å². The number of benzene rings is 1. The summed E-state index contributed by atoms with van der Waals surface area (Å²) in [6, 6.07) is 4.20. The lowest BCUT2D eigenvalue weighted by atomic mass is 10.2. The third-order valence-electron chi connectivity index (χ3n) is 3.04. The quantitative estimate of drug-likeness (QED) is 0.910. The number of hydrogen-bond acceptors (Lipinski definition) is 5. The zero-order chi connectivity index (χ0) is 14.0. The Labute approximate surface area is 116 Å². The van der Waals surface area contributed by atoms with Crippen molar-refractivity contribution in [2.75, 3.05) is 29.2 Å². The summed E-state index contributed by atoms with van der Waals surface area (Å²) in [5, 5.41) is 8.46. The van der Waals surface area contributed by atoms with Gasteiger partial charge in [0.2, 0.25) is 0 Å². The maximum atomic E-state index is 13.5. The lowest BCUT2D eigenvalue weighted by Crippen LogP contribution is -2.47. The summed E-state index contributed by atoms with van der Waals surface area (Å²) in [4.78, 5) is 1.70. The van der Waals surface area contributed by atoms with Gasteiger partial charge in [-0.1, -0.05) is 0 Å². The smallest absolute Gasteiger partial charge is 0.169 e. The van der Waals surface area contributed by atoms with E-state index in [1.54, 1.807) is 22.7 Å². The lowest BCUT2D eigenvalue weighted by molar-refractivity contribution is 0.281. The molecule has 19 heavy (non-hydrogen) atoms. The average molecular weight is 305 g/mol. The number of sulfone groups is 1. The zero-order valence-electron chi connectivity index (χ0n) is 10.5. The largest absolute Gasteiger partial charge is 0.392 e. The second-order valence-electron chi connectivity index (χ2n) is 4.53. The van der Waals surface area contributed by atoms with E-state index < -0.39 is 21.0 Å². The molecule has 1 N–H and O–H groups in total. The normalized spacial score (nSPS) is 20.6. The van der Waals surface area contributed by atoms with Crippen LogP contribution in [0.3, 0.4) is 0 Å². The van der Waals surface area contributed by atoms with Crippen molar-refractivity contribution in [2.24, 2.45) is 0 Å². The first kappa shape index (κ1) is 14.6. The van der Waals surface area contributed by atoms with E-state index in [9.17, 15) is 12.8 Å². The fourth-order valence-electron chi connectivity index (χ4n) is 2.12. The number of halogens is 1. The Morgan fingerprint density at radius 2 is 2.21 bits per heavy atom. The molecular formula is C12H16FNO3S2. The number of anilines is 1. The van der Waals surface area contributed by atoms with Gasteiger partial charge in [0.05, 0.1) is 6.61 Å². The van der Waals surface area contributed by atoms with Crippen molar-refractivity contribution in [3.63, 3.8) is 0 Å². The summed E-state index contributed by atoms with van der Waals surface area (Å²) in [6.45, 7) is 0.285. The van der Waals surface area contributed by atoms with Crippen LogP contribution >= 0.6 is 11.8 Å². The minimum absolute atomic E-state index is 0.267. The van der Waals surface area contributed by atoms with Crippen LogP contribution in [-0.2, 0) is 16.4 Å². The van der Waals surface area contributed by atoms with Crippen LogP contribution in [0, 0.1) is 5.82 Å². The van der Waals surface area contributed by atoms with Gasteiger partial charge < -0.3 is 10.0 Å². The Balaban J connectivity index is 2.40. The van der Waals surface area contributed by atoms with Crippen LogP contribution < -0.4 is 4.90 Å². The maximum absolute atomic E-state index is 13.5. The summed E-state index contributed by atoms with van der Waals surface area (Å²) in [5.74, 6) is 0.813. The predicted octanol–water partition coefficient (Wildman–Crippen LogP) is 1.24. The monoisotopic (exact) mass is 305 g/mol. The number of thioether (sulfide) groups is 1. The summed E-state index contributed by atoms with van der Waals surface area (Å²) < 4.78 is 37.1. The molecule has 1 saturated heterocycles. The van der Waals surface area contributed by atoms with E-state index in [1.807, 2.05) is 0 Å². The first-order valence-electron chi connectivity index (χ1n) is 5.85. The lowest BCUT2D eigenvalue weighted by Gasteiger charge is -2.36. The minimum atomic E-state index is -3.24. The molecule has 0 aliphatic carbocycles. The van der Waals surface area contributed by atoms with E-state index in [-0.39, 0.29) is 6.61 Å². The van der Waals surface area contributed by atoms with Gasteiger partial charge in [0.1, 0.15) is 11.2 Å². The van der Waals surface area contributed by atoms with Gasteiger partial charge in [0.25, 0.3) is 0 Å². The molecule has 1 aliphatic rings. The summed E-state index contributed by atoms with van der Waals surface area (Å²) in [5.41, 5.74) is 0.959. The topological polar surface area (TPSA) is 57.6 Å². The van der Waals surface area contributed by atoms with Gasteiger partial charge in [-0.05, 0) is 23.8 Å². The molecule has 1 aliphatic heterocycles. The highest BCUT2D eigenvalue weighted by atomic mass is 32.2. The summed E-state index contributed by atoms with van der Waals surface area (Å²) in [6.07, 6.45) is 1.20. The van der Waals surface area contributed by atoms with E-state index in [1.165, 1.54) is 18.4 Å². The molecule has 4 nitrogen and oxygen atoms in total. The molecule has 106 valence electrons. The Kier molecular flexibility index (Phi) is 4.37. The highest BCUT2D eigenvalue weighted by Gasteiger charge is 2.31. The van der Waals surface area contributed by atoms with Crippen LogP contribution in [0.2, 0.25) is 0 Å². The highest BCUT2D eigenvalue weighted by Crippen LogP contribution is 2.28. The standard InChI is InChI=1S/C12H16FNO3S2/c1-19(16,17)12-8-18-3-2-14(12)11-5-9(7-15)4-10(13)6-11/h4-6,12,15H,2-3,7-8H2,1H3. The van der Waals surface area contributed by atoms with E-state index >= 15 is 0 Å². The highest BCUT2D eigenvalue weighted by molar-refractivity contribution is 8.01. The van der Waals surface area contributed by atoms with Gasteiger partial charge >= 0.3 is 0 Å². The van der Waals surface area contributed by atoms with E-state index in [0.717, 1.165) is 5.75 Å². The number of nitrogens with zero attached hydrogens (tertiary/aromatic N) is 1. The summed E-state index contributed by atoms with van der Waals surface area (Å²) in [7, 11) is -3.24. The molecule has 1 aromatic rings. The van der Waals surface area contributed by atoms with Gasteiger partial charge in [-0.2, -0.15) is 11.8 Å². The predicted molar refractivity (Wildman–Crippen MR) is 75.6 cm³/mol. The molecule has 0 saturated carbocycles. The van der Waals surface area contributed by atoms with Crippen molar-refractivity contribution in [1.82, 2.24) is 0 Å². The summed E-state index contributed by atoms with van der Waals surface area (Å²) >= 11 is 1.58. The van der Waals surface area contributed by atoms with Gasteiger partial charge in [0.15, 0.2) is 9.84 Å². The van der Waals surface area contributed by atoms with Crippen molar-refractivity contribution in [3.8, 4) is 0 Å². The fraction of sp³-hybridized carbons (Fsp3) is 0.500. The molecule has 0 aromatic heterocycles. The van der Waals surface area contributed by atoms with Crippen LogP contribution in [-0.4, -0.2) is 43.2 Å². The number of aliphatic hydroxyl groups is 1. The van der Waals surface area contributed by atoms with Gasteiger partial charge in [0, 0.05) is 30.0 Å². The van der Waals surface area contributed by atoms with Crippen molar-refractivity contribution in [1.29, 1.82) is 0 Å². The molecule has 0 amide bonds. The molecule has 7 heteroatoms. The van der Waals surface area contributed by atoms with Crippen LogP contribution in [0.25, 0.3) is 0 Å². The van der Waals surface area contributed by atoms with Crippen molar-refractivity contribution in [3.05, 3.63) is 29.6 Å². The van der Waals surface area contributed by atoms with Crippen molar-refractivity contribution in [2.45, 2.75) is 12.0 Å². The van der Waals surface area contributed by atoms with Crippen LogP contribution in [0.4, 0.5) is 10.1 Å². The van der Waals surface area contributed by atoms with E-state index in [0.29, 0.717) is 23.5 Å². The number of hydrogen-bond donors (Lipinski definition) is 1. The second-order valence-corrected chi connectivity index (χ2v) is 7.88. The van der Waals surface area contributed by atoms with Crippen molar-refractivity contribution >= 4 is 27.3 Å². The zero-order valence-corrected chi connectivity index (χ0v) is 12.2. The third kappa shape index (κ3) is 3.40. The molecular weight excluding hydrogens is 289 g/mol. The van der Waals surface area contributed by atoms with Crippen LogP contribution in [0.15, 0.2) is 18.2 Å². The molecule has 1 atom stereocenters. The van der Waals surface area contributed by atoms with Gasteiger partial charge in [-0.3, -0.25) is 0 Å². The molecule has 1 aromatic carbocycles. The molecule has 0 bridgehead atoms. The fourth-order valence-corrected chi connectivity index (χ4v) is 4.96. The Bertz CT molecular complexity index is 562. The molecule has 0 radical (unpaired) electrons. The second kappa shape index (κ2) is 5.68. The Morgan fingerprint density at radius 1 is 1.47 bits per heavy atom.